The van der Waals surface area contributed by atoms with Gasteiger partial charge in [0.2, 0.25) is 0 Å². The van der Waals surface area contributed by atoms with Crippen molar-refractivity contribution in [3.8, 4) is 0 Å². The van der Waals surface area contributed by atoms with E-state index in [9.17, 15) is 14.3 Å². The van der Waals surface area contributed by atoms with E-state index in [-0.39, 0.29) is 60.9 Å². The molecular formula is C35H48Cl4FN3O2S. The monoisotopic (exact) mass is 733 g/mol. The van der Waals surface area contributed by atoms with Crippen LogP contribution in [0, 0.1) is 17.7 Å². The molecule has 0 amide bonds. The number of likely N-dealkylation sites (N-methyl/N-ethyl adjacent to an activating group) is 1. The summed E-state index contributed by atoms with van der Waals surface area (Å²) in [4.78, 5) is 23.3. The summed E-state index contributed by atoms with van der Waals surface area (Å²) < 4.78 is 14.3. The Kier molecular flexibility index (Phi) is 16.2. The third kappa shape index (κ3) is 9.58. The Morgan fingerprint density at radius 2 is 1.80 bits per heavy atom. The number of piperidine rings is 1. The fourth-order valence-corrected chi connectivity index (χ4v) is 9.06. The van der Waals surface area contributed by atoms with Crippen LogP contribution in [0.25, 0.3) is 0 Å². The van der Waals surface area contributed by atoms with E-state index < -0.39 is 12.0 Å². The summed E-state index contributed by atoms with van der Waals surface area (Å²) in [5, 5.41) is 11.9. The molecule has 2 aliphatic rings. The number of halogens is 5. The number of carboxylic acids is 1. The molecule has 1 saturated carbocycles. The minimum atomic E-state index is -0.769. The van der Waals surface area contributed by atoms with Gasteiger partial charge in [-0.3, -0.25) is 9.69 Å². The highest BCUT2D eigenvalue weighted by Gasteiger charge is 2.42. The lowest BCUT2D eigenvalue weighted by Crippen LogP contribution is -2.47. The number of rotatable bonds is 11. The lowest BCUT2D eigenvalue weighted by molar-refractivity contribution is -0.145. The molecule has 46 heavy (non-hydrogen) atoms. The Balaban J connectivity index is 0.00000245. The number of carboxylic acid groups (broad SMARTS) is 1. The third-order valence-corrected chi connectivity index (χ3v) is 11.3. The van der Waals surface area contributed by atoms with E-state index >= 15 is 0 Å². The number of aryl methyl sites for hydroxylation is 1. The molecule has 3 aromatic rings. The summed E-state index contributed by atoms with van der Waals surface area (Å²) in [5.74, 6) is 0.123. The predicted molar refractivity (Wildman–Crippen MR) is 196 cm³/mol. The van der Waals surface area contributed by atoms with Crippen molar-refractivity contribution in [1.82, 2.24) is 14.8 Å². The van der Waals surface area contributed by atoms with Crippen LogP contribution in [-0.4, -0.2) is 64.6 Å². The van der Waals surface area contributed by atoms with Gasteiger partial charge >= 0.3 is 5.97 Å². The highest BCUT2D eigenvalue weighted by atomic mass is 35.5. The van der Waals surface area contributed by atoms with Gasteiger partial charge in [0, 0.05) is 28.9 Å². The molecule has 1 aromatic heterocycles. The molecule has 256 valence electrons. The van der Waals surface area contributed by atoms with Gasteiger partial charge in [-0.1, -0.05) is 62.7 Å². The van der Waals surface area contributed by atoms with Crippen molar-refractivity contribution in [2.45, 2.75) is 83.2 Å². The van der Waals surface area contributed by atoms with Crippen molar-refractivity contribution >= 4 is 66.1 Å². The van der Waals surface area contributed by atoms with Gasteiger partial charge in [0.1, 0.15) is 11.9 Å². The molecule has 2 heterocycles. The number of aromatic nitrogens is 1. The third-order valence-electron chi connectivity index (χ3n) is 9.70. The Morgan fingerprint density at radius 3 is 2.41 bits per heavy atom. The summed E-state index contributed by atoms with van der Waals surface area (Å²) in [6, 6.07) is 14.7. The second-order valence-corrected chi connectivity index (χ2v) is 14.4. The summed E-state index contributed by atoms with van der Waals surface area (Å²) in [6.07, 6.45) is 5.70. The van der Waals surface area contributed by atoms with Crippen molar-refractivity contribution in [2.75, 3.05) is 26.7 Å². The second-order valence-electron chi connectivity index (χ2n) is 12.9. The van der Waals surface area contributed by atoms with Crippen molar-refractivity contribution < 1.29 is 14.3 Å². The van der Waals surface area contributed by atoms with Gasteiger partial charge in [0.05, 0.1) is 10.7 Å². The molecule has 11 heteroatoms. The van der Waals surface area contributed by atoms with Gasteiger partial charge in [-0.05, 0) is 105 Å². The average Bonchev–Trinajstić information content (AvgIpc) is 3.58. The van der Waals surface area contributed by atoms with Crippen LogP contribution in [0.4, 0.5) is 4.39 Å². The van der Waals surface area contributed by atoms with Crippen molar-refractivity contribution in [2.24, 2.45) is 11.8 Å². The number of benzene rings is 2. The maximum Gasteiger partial charge on any atom is 0.321 e. The molecule has 1 N–H and O–H groups in total. The summed E-state index contributed by atoms with van der Waals surface area (Å²) in [7, 11) is 1.96. The van der Waals surface area contributed by atoms with E-state index in [0.29, 0.717) is 11.8 Å². The standard InChI is InChI=1S/C35H45ClFN3O2S.3ClH/c1-5-31-34(43-32(38-31)19-25-9-6-7-12-30(25)36)23-13-15-40(16-14-23)21-26-18-28(39(4)33(22(2)3)35(41)42)20-29(26)24-10-8-11-27(37)17-24;;;/h6-12,17,22-23,26,28-29,33H,5,13-16,18-21H2,1-4H3,(H,41,42);3*1H/t26?,28?,29?,33-;;;/m1.../s1. The molecule has 0 bridgehead atoms. The predicted octanol–water partition coefficient (Wildman–Crippen LogP) is 9.14. The lowest BCUT2D eigenvalue weighted by Gasteiger charge is -2.35. The largest absolute Gasteiger partial charge is 0.480 e. The number of hydrogen-bond donors (Lipinski definition) is 1. The van der Waals surface area contributed by atoms with Gasteiger partial charge in [-0.15, -0.1) is 48.6 Å². The smallest absolute Gasteiger partial charge is 0.321 e. The zero-order valence-corrected chi connectivity index (χ0v) is 31.1. The van der Waals surface area contributed by atoms with E-state index in [0.717, 1.165) is 79.3 Å². The summed E-state index contributed by atoms with van der Waals surface area (Å²) >= 11 is 8.30. The van der Waals surface area contributed by atoms with Crippen LogP contribution in [0.15, 0.2) is 48.5 Å². The molecule has 1 saturated heterocycles. The fourth-order valence-electron chi connectivity index (χ4n) is 7.51. The highest BCUT2D eigenvalue weighted by Crippen LogP contribution is 2.44. The van der Waals surface area contributed by atoms with Gasteiger partial charge < -0.3 is 10.0 Å². The van der Waals surface area contributed by atoms with Crippen molar-refractivity contribution in [1.29, 1.82) is 0 Å². The summed E-state index contributed by atoms with van der Waals surface area (Å²) in [6.45, 7) is 9.16. The quantitative estimate of drug-likeness (QED) is 0.213. The highest BCUT2D eigenvalue weighted by molar-refractivity contribution is 7.11. The molecule has 2 fully saturated rings. The molecule has 0 spiro atoms. The first-order valence-electron chi connectivity index (χ1n) is 15.8. The van der Waals surface area contributed by atoms with Gasteiger partial charge in [0.25, 0.3) is 0 Å². The number of aliphatic carboxylic acids is 1. The van der Waals surface area contributed by atoms with Gasteiger partial charge in [0.15, 0.2) is 0 Å². The Bertz CT molecular complexity index is 1400. The van der Waals surface area contributed by atoms with Crippen LogP contribution < -0.4 is 0 Å². The van der Waals surface area contributed by atoms with Crippen LogP contribution in [-0.2, 0) is 17.6 Å². The first kappa shape index (κ1) is 40.7. The minimum absolute atomic E-state index is 0. The molecule has 1 aliphatic carbocycles. The van der Waals surface area contributed by atoms with E-state index in [4.69, 9.17) is 16.6 Å². The number of thiazole rings is 1. The first-order chi connectivity index (χ1) is 20.6. The molecule has 4 atom stereocenters. The molecule has 1 aliphatic heterocycles. The van der Waals surface area contributed by atoms with E-state index in [1.807, 2.05) is 56.5 Å². The zero-order chi connectivity index (χ0) is 30.7. The van der Waals surface area contributed by atoms with Crippen LogP contribution >= 0.6 is 60.2 Å². The first-order valence-corrected chi connectivity index (χ1v) is 17.0. The summed E-state index contributed by atoms with van der Waals surface area (Å²) in [5.41, 5.74) is 3.39. The minimum Gasteiger partial charge on any atom is -0.480 e. The van der Waals surface area contributed by atoms with Crippen LogP contribution in [0.5, 0.6) is 0 Å². The average molecular weight is 736 g/mol. The van der Waals surface area contributed by atoms with Crippen molar-refractivity contribution in [3.63, 3.8) is 0 Å². The van der Waals surface area contributed by atoms with Crippen molar-refractivity contribution in [3.05, 3.63) is 86.1 Å². The number of likely N-dealkylation sites (tertiary alicyclic amines) is 1. The second kappa shape index (κ2) is 18.4. The SMILES string of the molecule is CCc1nc(Cc2ccccc2Cl)sc1C1CCN(CC2CC(N(C)[C@@H](C(=O)O)C(C)C)CC2c2cccc(F)c2)CC1.Cl.Cl.Cl. The molecule has 5 nitrogen and oxygen atoms in total. The maximum absolute atomic E-state index is 14.3. The van der Waals surface area contributed by atoms with Crippen LogP contribution in [0.3, 0.4) is 0 Å². The van der Waals surface area contributed by atoms with Gasteiger partial charge in [-0.25, -0.2) is 9.37 Å². The Morgan fingerprint density at radius 1 is 1.11 bits per heavy atom. The Labute approximate surface area is 301 Å². The van der Waals surface area contributed by atoms with Gasteiger partial charge in [-0.2, -0.15) is 0 Å². The number of nitrogens with zero attached hydrogens (tertiary/aromatic N) is 3. The van der Waals surface area contributed by atoms with Crippen LogP contribution in [0.1, 0.15) is 85.0 Å². The van der Waals surface area contributed by atoms with E-state index in [1.54, 1.807) is 12.1 Å². The Hall–Kier alpha value is -1.45. The molecule has 0 radical (unpaired) electrons. The molecule has 3 unspecified atom stereocenters. The van der Waals surface area contributed by atoms with Crippen LogP contribution in [0.2, 0.25) is 5.02 Å². The molecule has 5 rings (SSSR count). The van der Waals surface area contributed by atoms with E-state index in [1.165, 1.54) is 16.6 Å². The fraction of sp³-hybridized carbons (Fsp3) is 0.543. The number of carbonyl (C=O) groups is 1. The van der Waals surface area contributed by atoms with E-state index in [2.05, 4.69) is 22.8 Å². The molecular weight excluding hydrogens is 687 g/mol. The topological polar surface area (TPSA) is 56.7 Å². The zero-order valence-electron chi connectivity index (χ0n) is 27.0. The normalized spacial score (nSPS) is 21.0. The number of hydrogen-bond acceptors (Lipinski definition) is 5. The maximum atomic E-state index is 14.3. The lowest BCUT2D eigenvalue weighted by atomic mass is 9.87. The molecule has 2 aromatic carbocycles.